The van der Waals surface area contributed by atoms with E-state index in [1.54, 1.807) is 0 Å². The van der Waals surface area contributed by atoms with Crippen molar-refractivity contribution in [3.63, 3.8) is 0 Å². The maximum absolute atomic E-state index is 5.98. The van der Waals surface area contributed by atoms with E-state index >= 15 is 0 Å². The third kappa shape index (κ3) is 3.63. The van der Waals surface area contributed by atoms with Gasteiger partial charge in [-0.3, -0.25) is 0 Å². The highest BCUT2D eigenvalue weighted by molar-refractivity contribution is 5.65. The van der Waals surface area contributed by atoms with E-state index in [2.05, 4.69) is 37.2 Å². The molecule has 0 aliphatic carbocycles. The summed E-state index contributed by atoms with van der Waals surface area (Å²) in [5.41, 5.74) is 8.18. The van der Waals surface area contributed by atoms with Crippen LogP contribution in [-0.4, -0.2) is 31.6 Å². The molecule has 2 rings (SSSR count). The number of nitrogens with two attached hydrogens (primary N) is 1. The summed E-state index contributed by atoms with van der Waals surface area (Å²) in [6.45, 7) is 8.17. The van der Waals surface area contributed by atoms with Gasteiger partial charge in [0.2, 0.25) is 0 Å². The van der Waals surface area contributed by atoms with Crippen LogP contribution in [-0.2, 0) is 0 Å². The summed E-state index contributed by atoms with van der Waals surface area (Å²) in [4.78, 5) is 2.43. The summed E-state index contributed by atoms with van der Waals surface area (Å²) in [7, 11) is 2.21. The summed E-state index contributed by atoms with van der Waals surface area (Å²) in [5.74, 6) is 0.793. The first-order chi connectivity index (χ1) is 8.99. The van der Waals surface area contributed by atoms with Crippen molar-refractivity contribution in [2.45, 2.75) is 26.7 Å². The second-order valence-electron chi connectivity index (χ2n) is 6.51. The summed E-state index contributed by atoms with van der Waals surface area (Å²) < 4.78 is 0. The fourth-order valence-electron chi connectivity index (χ4n) is 2.92. The van der Waals surface area contributed by atoms with Crippen LogP contribution in [0.3, 0.4) is 0 Å². The van der Waals surface area contributed by atoms with Gasteiger partial charge in [-0.2, -0.15) is 0 Å². The predicted molar refractivity (Wildman–Crippen MR) is 83.3 cm³/mol. The van der Waals surface area contributed by atoms with Crippen molar-refractivity contribution in [1.82, 2.24) is 4.90 Å². The quantitative estimate of drug-likeness (QED) is 0.819. The minimum atomic E-state index is 0.309. The Hall–Kier alpha value is -1.22. The van der Waals surface area contributed by atoms with Gasteiger partial charge in [0.05, 0.1) is 11.4 Å². The molecule has 0 saturated carbocycles. The lowest BCUT2D eigenvalue weighted by molar-refractivity contribution is 0.124. The van der Waals surface area contributed by atoms with E-state index in [0.29, 0.717) is 5.41 Å². The molecule has 3 heteroatoms. The zero-order valence-corrected chi connectivity index (χ0v) is 12.4. The molecule has 3 nitrogen and oxygen atoms in total. The van der Waals surface area contributed by atoms with Crippen LogP contribution in [0.25, 0.3) is 0 Å². The highest BCUT2D eigenvalue weighted by Crippen LogP contribution is 2.35. The van der Waals surface area contributed by atoms with Gasteiger partial charge in [0.1, 0.15) is 0 Å². The van der Waals surface area contributed by atoms with Crippen molar-refractivity contribution >= 4 is 11.4 Å². The van der Waals surface area contributed by atoms with Crippen LogP contribution in [0.2, 0.25) is 0 Å². The van der Waals surface area contributed by atoms with Gasteiger partial charge in [-0.25, -0.2) is 0 Å². The number of para-hydroxylation sites is 2. The van der Waals surface area contributed by atoms with Crippen molar-refractivity contribution in [1.29, 1.82) is 0 Å². The molecule has 1 heterocycles. The largest absolute Gasteiger partial charge is 0.397 e. The molecule has 19 heavy (non-hydrogen) atoms. The third-order valence-electron chi connectivity index (χ3n) is 4.52. The van der Waals surface area contributed by atoms with Crippen LogP contribution in [0.15, 0.2) is 24.3 Å². The molecule has 0 amide bonds. The van der Waals surface area contributed by atoms with Gasteiger partial charge in [-0.05, 0) is 56.4 Å². The molecule has 0 radical (unpaired) electrons. The van der Waals surface area contributed by atoms with Crippen LogP contribution < -0.4 is 11.1 Å². The second kappa shape index (κ2) is 5.83. The average molecular weight is 261 g/mol. The molecule has 0 atom stereocenters. The van der Waals surface area contributed by atoms with Gasteiger partial charge in [0, 0.05) is 6.54 Å². The maximum Gasteiger partial charge on any atom is 0.0574 e. The van der Waals surface area contributed by atoms with Gasteiger partial charge in [-0.15, -0.1) is 0 Å². The Morgan fingerprint density at radius 2 is 1.89 bits per heavy atom. The van der Waals surface area contributed by atoms with Crippen molar-refractivity contribution in [3.05, 3.63) is 24.3 Å². The Kier molecular flexibility index (Phi) is 4.35. The minimum Gasteiger partial charge on any atom is -0.397 e. The molecule has 1 fully saturated rings. The number of hydrogen-bond donors (Lipinski definition) is 2. The van der Waals surface area contributed by atoms with Crippen LogP contribution in [0, 0.1) is 11.3 Å². The smallest absolute Gasteiger partial charge is 0.0574 e. The minimum absolute atomic E-state index is 0.309. The number of nitrogens with one attached hydrogen (secondary N) is 1. The molecule has 1 saturated heterocycles. The molecule has 3 N–H and O–H groups in total. The standard InChI is InChI=1S/C16H27N3/c1-16(2,13-8-10-19(3)11-9-13)12-18-15-7-5-4-6-14(15)17/h4-7,13,18H,8-12,17H2,1-3H3. The molecule has 1 aromatic carbocycles. The highest BCUT2D eigenvalue weighted by atomic mass is 15.1. The van der Waals surface area contributed by atoms with E-state index in [0.717, 1.165) is 23.8 Å². The summed E-state index contributed by atoms with van der Waals surface area (Å²) in [6, 6.07) is 8.01. The lowest BCUT2D eigenvalue weighted by atomic mass is 9.73. The van der Waals surface area contributed by atoms with Crippen molar-refractivity contribution in [3.8, 4) is 0 Å². The van der Waals surface area contributed by atoms with Crippen LogP contribution in [0.4, 0.5) is 11.4 Å². The molecule has 0 spiro atoms. The Bertz CT molecular complexity index is 406. The number of nitrogens with zero attached hydrogens (tertiary/aromatic N) is 1. The zero-order chi connectivity index (χ0) is 13.9. The first-order valence-electron chi connectivity index (χ1n) is 7.26. The summed E-state index contributed by atoms with van der Waals surface area (Å²) in [6.07, 6.45) is 2.60. The zero-order valence-electron chi connectivity index (χ0n) is 12.4. The van der Waals surface area contributed by atoms with Crippen LogP contribution in [0.1, 0.15) is 26.7 Å². The van der Waals surface area contributed by atoms with Crippen LogP contribution in [0.5, 0.6) is 0 Å². The summed E-state index contributed by atoms with van der Waals surface area (Å²) in [5, 5.41) is 3.52. The van der Waals surface area contributed by atoms with Gasteiger partial charge in [0.25, 0.3) is 0 Å². The Balaban J connectivity index is 1.92. The molecule has 0 bridgehead atoms. The third-order valence-corrected chi connectivity index (χ3v) is 4.52. The number of likely N-dealkylation sites (tertiary alicyclic amines) is 1. The van der Waals surface area contributed by atoms with E-state index in [-0.39, 0.29) is 0 Å². The van der Waals surface area contributed by atoms with Gasteiger partial charge in [-0.1, -0.05) is 26.0 Å². The van der Waals surface area contributed by atoms with Crippen molar-refractivity contribution in [2.24, 2.45) is 11.3 Å². The lowest BCUT2D eigenvalue weighted by Crippen LogP contribution is -2.40. The van der Waals surface area contributed by atoms with Crippen LogP contribution >= 0.6 is 0 Å². The number of nitrogen functional groups attached to an aromatic ring is 1. The van der Waals surface area contributed by atoms with Crippen molar-refractivity contribution < 1.29 is 0 Å². The molecule has 1 aromatic rings. The van der Waals surface area contributed by atoms with E-state index in [4.69, 9.17) is 5.73 Å². The highest BCUT2D eigenvalue weighted by Gasteiger charge is 2.31. The fraction of sp³-hybridized carbons (Fsp3) is 0.625. The Labute approximate surface area is 117 Å². The van der Waals surface area contributed by atoms with E-state index in [1.165, 1.54) is 25.9 Å². The lowest BCUT2D eigenvalue weighted by Gasteiger charge is -2.40. The van der Waals surface area contributed by atoms with E-state index in [1.807, 2.05) is 18.2 Å². The van der Waals surface area contributed by atoms with E-state index < -0.39 is 0 Å². The maximum atomic E-state index is 5.98. The molecule has 0 aromatic heterocycles. The molecule has 0 unspecified atom stereocenters. The molecular formula is C16H27N3. The fourth-order valence-corrected chi connectivity index (χ4v) is 2.92. The van der Waals surface area contributed by atoms with Gasteiger partial charge < -0.3 is 16.0 Å². The van der Waals surface area contributed by atoms with Gasteiger partial charge >= 0.3 is 0 Å². The predicted octanol–water partition coefficient (Wildman–Crippen LogP) is 3.05. The normalized spacial score (nSPS) is 18.5. The second-order valence-corrected chi connectivity index (χ2v) is 6.51. The molecule has 1 aliphatic rings. The first kappa shape index (κ1) is 14.2. The van der Waals surface area contributed by atoms with E-state index in [9.17, 15) is 0 Å². The number of benzene rings is 1. The number of rotatable bonds is 4. The van der Waals surface area contributed by atoms with Crippen molar-refractivity contribution in [2.75, 3.05) is 37.7 Å². The molecular weight excluding hydrogens is 234 g/mol. The number of anilines is 2. The Morgan fingerprint density at radius 3 is 2.53 bits per heavy atom. The number of piperidine rings is 1. The molecule has 1 aliphatic heterocycles. The molecule has 106 valence electrons. The topological polar surface area (TPSA) is 41.3 Å². The summed E-state index contributed by atoms with van der Waals surface area (Å²) >= 11 is 0. The van der Waals surface area contributed by atoms with Gasteiger partial charge in [0.15, 0.2) is 0 Å². The monoisotopic (exact) mass is 261 g/mol. The number of hydrogen-bond acceptors (Lipinski definition) is 3. The first-order valence-corrected chi connectivity index (χ1v) is 7.26. The SMILES string of the molecule is CN1CCC(C(C)(C)CNc2ccccc2N)CC1. The Morgan fingerprint density at radius 1 is 1.26 bits per heavy atom. The average Bonchev–Trinajstić information content (AvgIpc) is 2.38.